The molecule has 1 aliphatic rings. The number of hydrogen-bond acceptors (Lipinski definition) is 4. The molecule has 21 heavy (non-hydrogen) atoms. The minimum atomic E-state index is -3.64. The Balaban J connectivity index is 2.16. The van der Waals surface area contributed by atoms with Crippen LogP contribution in [-0.4, -0.2) is 19.6 Å². The van der Waals surface area contributed by atoms with Crippen LogP contribution in [0.1, 0.15) is 56.1 Å². The molecule has 2 N–H and O–H groups in total. The molecule has 0 aliphatic heterocycles. The fourth-order valence-electron chi connectivity index (χ4n) is 3.21. The SMILES string of the molecule is CCC1CCC(NS(=O)(=O)c2c(C)oc(C)c2CO)CC1. The van der Waals surface area contributed by atoms with Crippen LogP contribution in [-0.2, 0) is 16.6 Å². The van der Waals surface area contributed by atoms with Gasteiger partial charge in [0.25, 0.3) is 0 Å². The summed E-state index contributed by atoms with van der Waals surface area (Å²) in [4.78, 5) is 0.111. The molecule has 5 nitrogen and oxygen atoms in total. The summed E-state index contributed by atoms with van der Waals surface area (Å²) >= 11 is 0. The van der Waals surface area contributed by atoms with E-state index < -0.39 is 10.0 Å². The molecule has 0 aromatic carbocycles. The van der Waals surface area contributed by atoms with Crippen LogP contribution in [0, 0.1) is 19.8 Å². The van der Waals surface area contributed by atoms with Gasteiger partial charge in [0.05, 0.1) is 6.61 Å². The smallest absolute Gasteiger partial charge is 0.244 e. The minimum Gasteiger partial charge on any atom is -0.465 e. The molecule has 1 aliphatic carbocycles. The van der Waals surface area contributed by atoms with Crippen molar-refractivity contribution in [2.24, 2.45) is 5.92 Å². The molecule has 6 heteroatoms. The van der Waals surface area contributed by atoms with Crippen molar-refractivity contribution in [2.45, 2.75) is 70.4 Å². The first kappa shape index (κ1) is 16.5. The predicted molar refractivity (Wildman–Crippen MR) is 80.5 cm³/mol. The van der Waals surface area contributed by atoms with E-state index in [2.05, 4.69) is 11.6 Å². The van der Waals surface area contributed by atoms with Gasteiger partial charge in [0.1, 0.15) is 16.4 Å². The van der Waals surface area contributed by atoms with E-state index in [1.807, 2.05) is 0 Å². The van der Waals surface area contributed by atoms with Gasteiger partial charge in [-0.2, -0.15) is 0 Å². The van der Waals surface area contributed by atoms with Crippen molar-refractivity contribution in [1.82, 2.24) is 4.72 Å². The van der Waals surface area contributed by atoms with Crippen molar-refractivity contribution in [3.8, 4) is 0 Å². The molecule has 1 aromatic heterocycles. The summed E-state index contributed by atoms with van der Waals surface area (Å²) in [5, 5.41) is 9.40. The van der Waals surface area contributed by atoms with Crippen LogP contribution in [0.4, 0.5) is 0 Å². The van der Waals surface area contributed by atoms with Gasteiger partial charge in [0, 0.05) is 11.6 Å². The molecular weight excluding hydrogens is 290 g/mol. The Morgan fingerprint density at radius 3 is 2.33 bits per heavy atom. The number of aliphatic hydroxyl groups excluding tert-OH is 1. The van der Waals surface area contributed by atoms with Crippen LogP contribution in [0.25, 0.3) is 0 Å². The summed E-state index contributed by atoms with van der Waals surface area (Å²) in [6.45, 7) is 5.14. The summed E-state index contributed by atoms with van der Waals surface area (Å²) < 4.78 is 33.3. The quantitative estimate of drug-likeness (QED) is 0.875. The standard InChI is InChI=1S/C15H25NO4S/c1-4-12-5-7-13(8-6-12)16-21(18,19)15-11(3)20-10(2)14(15)9-17/h12-13,16-17H,4-9H2,1-3H3. The second kappa shape index (κ2) is 6.50. The van der Waals surface area contributed by atoms with Crippen LogP contribution >= 0.6 is 0 Å². The summed E-state index contributed by atoms with van der Waals surface area (Å²) in [5.41, 5.74) is 0.363. The van der Waals surface area contributed by atoms with E-state index in [1.54, 1.807) is 13.8 Å². The van der Waals surface area contributed by atoms with Crippen molar-refractivity contribution < 1.29 is 17.9 Å². The molecule has 0 radical (unpaired) electrons. The Kier molecular flexibility index (Phi) is 5.11. The Morgan fingerprint density at radius 2 is 1.81 bits per heavy atom. The lowest BCUT2D eigenvalue weighted by atomic mass is 9.85. The first-order valence-corrected chi connectivity index (χ1v) is 9.09. The van der Waals surface area contributed by atoms with Gasteiger partial charge >= 0.3 is 0 Å². The Morgan fingerprint density at radius 1 is 1.19 bits per heavy atom. The maximum absolute atomic E-state index is 12.6. The molecule has 1 saturated carbocycles. The third kappa shape index (κ3) is 3.49. The highest BCUT2D eigenvalue weighted by Gasteiger charge is 2.30. The normalized spacial score (nSPS) is 23.4. The van der Waals surface area contributed by atoms with Gasteiger partial charge in [0.2, 0.25) is 10.0 Å². The predicted octanol–water partition coefficient (Wildman–Crippen LogP) is 2.64. The number of furan rings is 1. The van der Waals surface area contributed by atoms with Crippen LogP contribution in [0.15, 0.2) is 9.31 Å². The molecule has 0 bridgehead atoms. The van der Waals surface area contributed by atoms with Gasteiger partial charge in [-0.3, -0.25) is 0 Å². The summed E-state index contributed by atoms with van der Waals surface area (Å²) in [5.74, 6) is 1.52. The third-order valence-corrected chi connectivity index (χ3v) is 6.21. The van der Waals surface area contributed by atoms with Crippen LogP contribution < -0.4 is 4.72 Å². The molecular formula is C15H25NO4S. The van der Waals surface area contributed by atoms with E-state index in [0.717, 1.165) is 38.0 Å². The first-order chi connectivity index (χ1) is 9.89. The summed E-state index contributed by atoms with van der Waals surface area (Å²) in [6.07, 6.45) is 5.05. The van der Waals surface area contributed by atoms with Crippen LogP contribution in [0.3, 0.4) is 0 Å². The zero-order chi connectivity index (χ0) is 15.6. The molecule has 1 heterocycles. The fraction of sp³-hybridized carbons (Fsp3) is 0.733. The number of nitrogens with one attached hydrogen (secondary N) is 1. The maximum atomic E-state index is 12.6. The zero-order valence-corrected chi connectivity index (χ0v) is 13.8. The van der Waals surface area contributed by atoms with Gasteiger partial charge in [-0.15, -0.1) is 0 Å². The minimum absolute atomic E-state index is 0.0149. The molecule has 120 valence electrons. The Hall–Kier alpha value is -0.850. The van der Waals surface area contributed by atoms with Crippen molar-refractivity contribution in [2.75, 3.05) is 0 Å². The highest BCUT2D eigenvalue weighted by atomic mass is 32.2. The molecule has 2 rings (SSSR count). The van der Waals surface area contributed by atoms with Crippen molar-refractivity contribution in [3.63, 3.8) is 0 Å². The van der Waals surface area contributed by atoms with Crippen molar-refractivity contribution in [3.05, 3.63) is 17.1 Å². The van der Waals surface area contributed by atoms with Crippen molar-refractivity contribution in [1.29, 1.82) is 0 Å². The maximum Gasteiger partial charge on any atom is 0.244 e. The first-order valence-electron chi connectivity index (χ1n) is 7.61. The van der Waals surface area contributed by atoms with E-state index in [1.165, 1.54) is 0 Å². The largest absolute Gasteiger partial charge is 0.465 e. The fourth-order valence-corrected chi connectivity index (χ4v) is 4.96. The lowest BCUT2D eigenvalue weighted by Gasteiger charge is -2.28. The Labute approximate surface area is 126 Å². The van der Waals surface area contributed by atoms with E-state index in [-0.39, 0.29) is 17.5 Å². The van der Waals surface area contributed by atoms with E-state index in [0.29, 0.717) is 17.1 Å². The average molecular weight is 315 g/mol. The van der Waals surface area contributed by atoms with Crippen LogP contribution in [0.5, 0.6) is 0 Å². The average Bonchev–Trinajstić information content (AvgIpc) is 2.73. The van der Waals surface area contributed by atoms with Crippen LogP contribution in [0.2, 0.25) is 0 Å². The molecule has 0 amide bonds. The number of rotatable bonds is 5. The number of aryl methyl sites for hydroxylation is 2. The highest BCUT2D eigenvalue weighted by Crippen LogP contribution is 2.30. The molecule has 0 saturated heterocycles. The molecule has 1 aromatic rings. The second-order valence-corrected chi connectivity index (χ2v) is 7.58. The van der Waals surface area contributed by atoms with Crippen molar-refractivity contribution >= 4 is 10.0 Å². The lowest BCUT2D eigenvalue weighted by Crippen LogP contribution is -2.38. The van der Waals surface area contributed by atoms with Gasteiger partial charge in [-0.05, 0) is 45.4 Å². The number of aliphatic hydroxyl groups is 1. The molecule has 1 fully saturated rings. The summed E-state index contributed by atoms with van der Waals surface area (Å²) in [6, 6.07) is -0.0149. The van der Waals surface area contributed by atoms with Gasteiger partial charge in [-0.1, -0.05) is 13.3 Å². The zero-order valence-electron chi connectivity index (χ0n) is 13.0. The molecule has 0 unspecified atom stereocenters. The molecule has 0 spiro atoms. The molecule has 0 atom stereocenters. The van der Waals surface area contributed by atoms with Gasteiger partial charge < -0.3 is 9.52 Å². The number of hydrogen-bond donors (Lipinski definition) is 2. The van der Waals surface area contributed by atoms with E-state index in [4.69, 9.17) is 4.42 Å². The summed E-state index contributed by atoms with van der Waals surface area (Å²) in [7, 11) is -3.64. The van der Waals surface area contributed by atoms with E-state index in [9.17, 15) is 13.5 Å². The van der Waals surface area contributed by atoms with Gasteiger partial charge in [0.15, 0.2) is 0 Å². The Bertz CT molecular complexity index is 583. The second-order valence-electron chi connectivity index (χ2n) is 5.93. The van der Waals surface area contributed by atoms with Gasteiger partial charge in [-0.25, -0.2) is 13.1 Å². The topological polar surface area (TPSA) is 79.5 Å². The number of sulfonamides is 1. The third-order valence-electron chi connectivity index (χ3n) is 4.50. The highest BCUT2D eigenvalue weighted by molar-refractivity contribution is 7.89. The van der Waals surface area contributed by atoms with E-state index >= 15 is 0 Å². The monoisotopic (exact) mass is 315 g/mol. The lowest BCUT2D eigenvalue weighted by molar-refractivity contribution is 0.276.